The molecule has 21 heavy (non-hydrogen) atoms. The van der Waals surface area contributed by atoms with E-state index in [1.807, 2.05) is 30.3 Å². The minimum atomic E-state index is -0.124. The lowest BCUT2D eigenvalue weighted by Gasteiger charge is -2.17. The van der Waals surface area contributed by atoms with Crippen LogP contribution in [0.5, 0.6) is 5.75 Å². The number of hydrogen-bond donors (Lipinski definition) is 1. The Bertz CT molecular complexity index is 611. The Balaban J connectivity index is 2.07. The zero-order chi connectivity index (χ0) is 15.2. The lowest BCUT2D eigenvalue weighted by atomic mass is 10.2. The van der Waals surface area contributed by atoms with Crippen molar-refractivity contribution in [3.8, 4) is 5.75 Å². The van der Waals surface area contributed by atoms with E-state index in [9.17, 15) is 4.79 Å². The molecule has 1 amide bonds. The fourth-order valence-electron chi connectivity index (χ4n) is 1.98. The molecule has 1 aromatic carbocycles. The van der Waals surface area contributed by atoms with Gasteiger partial charge in [0.15, 0.2) is 0 Å². The van der Waals surface area contributed by atoms with Crippen LogP contribution in [0, 0.1) is 0 Å². The largest absolute Gasteiger partial charge is 0.497 e. The van der Waals surface area contributed by atoms with Gasteiger partial charge in [0.2, 0.25) is 0 Å². The van der Waals surface area contributed by atoms with E-state index in [0.717, 1.165) is 16.9 Å². The molecule has 5 heteroatoms. The third-order valence-corrected chi connectivity index (χ3v) is 3.18. The van der Waals surface area contributed by atoms with Gasteiger partial charge in [-0.15, -0.1) is 0 Å². The summed E-state index contributed by atoms with van der Waals surface area (Å²) < 4.78 is 5.18. The Labute approximate surface area is 124 Å². The van der Waals surface area contributed by atoms with Crippen molar-refractivity contribution >= 4 is 5.91 Å². The van der Waals surface area contributed by atoms with Crippen molar-refractivity contribution in [3.63, 3.8) is 0 Å². The lowest BCUT2D eigenvalue weighted by molar-refractivity contribution is 0.0779. The molecule has 0 aliphatic heterocycles. The van der Waals surface area contributed by atoms with Crippen molar-refractivity contribution in [1.29, 1.82) is 0 Å². The van der Waals surface area contributed by atoms with Crippen LogP contribution in [0.1, 0.15) is 21.6 Å². The van der Waals surface area contributed by atoms with Crippen molar-refractivity contribution in [2.75, 3.05) is 14.2 Å². The Morgan fingerprint density at radius 3 is 2.71 bits per heavy atom. The SMILES string of the molecule is COc1cccc(CN(C)C(=O)c2ccc(CN)cn2)c1. The van der Waals surface area contributed by atoms with E-state index >= 15 is 0 Å². The first kappa shape index (κ1) is 15.0. The zero-order valence-corrected chi connectivity index (χ0v) is 12.2. The molecule has 0 unspecified atom stereocenters. The Kier molecular flexibility index (Phi) is 4.90. The molecule has 110 valence electrons. The highest BCUT2D eigenvalue weighted by molar-refractivity contribution is 5.92. The number of benzene rings is 1. The molecular formula is C16H19N3O2. The highest BCUT2D eigenvalue weighted by Crippen LogP contribution is 2.14. The summed E-state index contributed by atoms with van der Waals surface area (Å²) >= 11 is 0. The summed E-state index contributed by atoms with van der Waals surface area (Å²) in [5.41, 5.74) is 7.84. The number of nitrogens with two attached hydrogens (primary N) is 1. The normalized spacial score (nSPS) is 10.2. The van der Waals surface area contributed by atoms with E-state index < -0.39 is 0 Å². The molecular weight excluding hydrogens is 266 g/mol. The van der Waals surface area contributed by atoms with Crippen LogP contribution in [0.3, 0.4) is 0 Å². The predicted molar refractivity (Wildman–Crippen MR) is 80.9 cm³/mol. The van der Waals surface area contributed by atoms with Crippen LogP contribution in [-0.2, 0) is 13.1 Å². The quantitative estimate of drug-likeness (QED) is 0.910. The molecule has 0 radical (unpaired) electrons. The molecule has 5 nitrogen and oxygen atoms in total. The molecule has 0 aliphatic carbocycles. The molecule has 0 fully saturated rings. The summed E-state index contributed by atoms with van der Waals surface area (Å²) in [6.45, 7) is 0.914. The van der Waals surface area contributed by atoms with Gasteiger partial charge in [-0.05, 0) is 29.3 Å². The second-order valence-electron chi connectivity index (χ2n) is 4.77. The number of ether oxygens (including phenoxy) is 1. The minimum Gasteiger partial charge on any atom is -0.497 e. The van der Waals surface area contributed by atoms with Gasteiger partial charge in [-0.2, -0.15) is 0 Å². The number of carbonyl (C=O) groups excluding carboxylic acids is 1. The third-order valence-electron chi connectivity index (χ3n) is 3.18. The molecule has 0 bridgehead atoms. The van der Waals surface area contributed by atoms with Gasteiger partial charge >= 0.3 is 0 Å². The van der Waals surface area contributed by atoms with Gasteiger partial charge in [-0.1, -0.05) is 18.2 Å². The van der Waals surface area contributed by atoms with Gasteiger partial charge in [-0.3, -0.25) is 9.78 Å². The maximum absolute atomic E-state index is 12.3. The summed E-state index contributed by atoms with van der Waals surface area (Å²) in [6.07, 6.45) is 1.63. The van der Waals surface area contributed by atoms with Crippen LogP contribution in [0.2, 0.25) is 0 Å². The van der Waals surface area contributed by atoms with Gasteiger partial charge in [0.25, 0.3) is 5.91 Å². The summed E-state index contributed by atoms with van der Waals surface area (Å²) in [6, 6.07) is 11.2. The smallest absolute Gasteiger partial charge is 0.272 e. The van der Waals surface area contributed by atoms with Crippen molar-refractivity contribution in [3.05, 3.63) is 59.4 Å². The molecule has 0 saturated heterocycles. The monoisotopic (exact) mass is 285 g/mol. The minimum absolute atomic E-state index is 0.124. The van der Waals surface area contributed by atoms with Gasteiger partial charge in [0.1, 0.15) is 11.4 Å². The second kappa shape index (κ2) is 6.85. The molecule has 0 spiro atoms. The van der Waals surface area contributed by atoms with Crippen LogP contribution in [0.4, 0.5) is 0 Å². The Morgan fingerprint density at radius 2 is 2.10 bits per heavy atom. The highest BCUT2D eigenvalue weighted by atomic mass is 16.5. The number of carbonyl (C=O) groups is 1. The first-order valence-electron chi connectivity index (χ1n) is 6.67. The number of aromatic nitrogens is 1. The van der Waals surface area contributed by atoms with E-state index in [1.165, 1.54) is 0 Å². The van der Waals surface area contributed by atoms with Gasteiger partial charge in [0, 0.05) is 26.3 Å². The molecule has 2 rings (SSSR count). The zero-order valence-electron chi connectivity index (χ0n) is 12.2. The third kappa shape index (κ3) is 3.79. The molecule has 1 aromatic heterocycles. The molecule has 0 atom stereocenters. The summed E-state index contributed by atoms with van der Waals surface area (Å²) in [4.78, 5) is 18.1. The average molecular weight is 285 g/mol. The van der Waals surface area contributed by atoms with Crippen molar-refractivity contribution in [1.82, 2.24) is 9.88 Å². The highest BCUT2D eigenvalue weighted by Gasteiger charge is 2.13. The van der Waals surface area contributed by atoms with Crippen LogP contribution in [-0.4, -0.2) is 29.9 Å². The number of methoxy groups -OCH3 is 1. The van der Waals surface area contributed by atoms with Crippen LogP contribution < -0.4 is 10.5 Å². The molecule has 1 heterocycles. The maximum atomic E-state index is 12.3. The fourth-order valence-corrected chi connectivity index (χ4v) is 1.98. The lowest BCUT2D eigenvalue weighted by Crippen LogP contribution is -2.27. The predicted octanol–water partition coefficient (Wildman–Crippen LogP) is 1.82. The number of rotatable bonds is 5. The molecule has 0 saturated carbocycles. The second-order valence-corrected chi connectivity index (χ2v) is 4.77. The van der Waals surface area contributed by atoms with E-state index in [4.69, 9.17) is 10.5 Å². The Hall–Kier alpha value is -2.40. The van der Waals surface area contributed by atoms with E-state index in [1.54, 1.807) is 31.3 Å². The van der Waals surface area contributed by atoms with Gasteiger partial charge < -0.3 is 15.4 Å². The van der Waals surface area contributed by atoms with Crippen molar-refractivity contribution < 1.29 is 9.53 Å². The Morgan fingerprint density at radius 1 is 1.29 bits per heavy atom. The summed E-state index contributed by atoms with van der Waals surface area (Å²) in [5, 5.41) is 0. The molecule has 2 N–H and O–H groups in total. The maximum Gasteiger partial charge on any atom is 0.272 e. The average Bonchev–Trinajstić information content (AvgIpc) is 2.54. The van der Waals surface area contributed by atoms with E-state index in [2.05, 4.69) is 4.98 Å². The van der Waals surface area contributed by atoms with Crippen LogP contribution >= 0.6 is 0 Å². The van der Waals surface area contributed by atoms with Crippen LogP contribution in [0.25, 0.3) is 0 Å². The summed E-state index contributed by atoms with van der Waals surface area (Å²) in [5.74, 6) is 0.653. The van der Waals surface area contributed by atoms with E-state index in [-0.39, 0.29) is 5.91 Å². The van der Waals surface area contributed by atoms with Crippen molar-refractivity contribution in [2.24, 2.45) is 5.73 Å². The molecule has 0 aliphatic rings. The first-order chi connectivity index (χ1) is 10.1. The van der Waals surface area contributed by atoms with E-state index in [0.29, 0.717) is 18.8 Å². The topological polar surface area (TPSA) is 68.5 Å². The van der Waals surface area contributed by atoms with Crippen molar-refractivity contribution in [2.45, 2.75) is 13.1 Å². The standard InChI is InChI=1S/C16H19N3O2/c1-19(11-12-4-3-5-14(8-12)21-2)16(20)15-7-6-13(9-17)10-18-15/h3-8,10H,9,11,17H2,1-2H3. The number of pyridine rings is 1. The number of nitrogens with zero attached hydrogens (tertiary/aromatic N) is 2. The van der Waals surface area contributed by atoms with Crippen LogP contribution in [0.15, 0.2) is 42.6 Å². The fraction of sp³-hybridized carbons (Fsp3) is 0.250. The summed E-state index contributed by atoms with van der Waals surface area (Å²) in [7, 11) is 3.37. The van der Waals surface area contributed by atoms with Gasteiger partial charge in [-0.25, -0.2) is 0 Å². The van der Waals surface area contributed by atoms with Gasteiger partial charge in [0.05, 0.1) is 7.11 Å². The first-order valence-corrected chi connectivity index (χ1v) is 6.67. The number of hydrogen-bond acceptors (Lipinski definition) is 4. The molecule has 2 aromatic rings. The number of amides is 1.